The van der Waals surface area contributed by atoms with Gasteiger partial charge in [0.2, 0.25) is 0 Å². The van der Waals surface area contributed by atoms with Crippen molar-refractivity contribution in [3.05, 3.63) is 0 Å². The number of rotatable bonds is 6. The molecule has 84 valence electrons. The van der Waals surface area contributed by atoms with E-state index in [1.807, 2.05) is 13.8 Å². The second-order valence-electron chi connectivity index (χ2n) is 3.82. The van der Waals surface area contributed by atoms with Gasteiger partial charge in [-0.25, -0.2) is 0 Å². The van der Waals surface area contributed by atoms with E-state index < -0.39 is 0 Å². The van der Waals surface area contributed by atoms with E-state index in [9.17, 15) is 4.79 Å². The van der Waals surface area contributed by atoms with Gasteiger partial charge in [-0.05, 0) is 20.3 Å². The number of carbonyl (C=O) groups excluding carboxylic acids is 1. The first kappa shape index (κ1) is 13.4. The third kappa shape index (κ3) is 5.94. The number of esters is 1. The van der Waals surface area contributed by atoms with Crippen molar-refractivity contribution in [1.82, 2.24) is 5.32 Å². The van der Waals surface area contributed by atoms with Crippen molar-refractivity contribution in [3.63, 3.8) is 0 Å². The minimum Gasteiger partial charge on any atom is -0.469 e. The van der Waals surface area contributed by atoms with Gasteiger partial charge in [0.1, 0.15) is 0 Å². The minimum atomic E-state index is -0.356. The molecule has 3 unspecified atom stereocenters. The highest BCUT2D eigenvalue weighted by Gasteiger charge is 2.16. The smallest absolute Gasteiger partial charge is 0.308 e. The number of methoxy groups -OCH3 is 1. The molecule has 0 aliphatic heterocycles. The molecular weight excluding hydrogens is 182 g/mol. The van der Waals surface area contributed by atoms with Crippen LogP contribution in [0, 0.1) is 5.92 Å². The van der Waals surface area contributed by atoms with Crippen molar-refractivity contribution >= 4 is 5.97 Å². The van der Waals surface area contributed by atoms with Gasteiger partial charge < -0.3 is 15.2 Å². The fourth-order valence-electron chi connectivity index (χ4n) is 1.28. The van der Waals surface area contributed by atoms with Crippen LogP contribution < -0.4 is 5.32 Å². The van der Waals surface area contributed by atoms with Gasteiger partial charge >= 0.3 is 5.97 Å². The predicted octanol–water partition coefficient (Wildman–Crippen LogP) is 0.544. The molecule has 4 nitrogen and oxygen atoms in total. The third-order valence-electron chi connectivity index (χ3n) is 2.07. The van der Waals surface area contributed by atoms with Crippen LogP contribution in [0.15, 0.2) is 0 Å². The monoisotopic (exact) mass is 203 g/mol. The number of hydrogen-bond donors (Lipinski definition) is 2. The molecule has 0 aromatic rings. The predicted molar refractivity (Wildman–Crippen MR) is 54.9 cm³/mol. The first-order valence-corrected chi connectivity index (χ1v) is 4.96. The lowest BCUT2D eigenvalue weighted by atomic mass is 10.0. The number of hydrogen-bond acceptors (Lipinski definition) is 4. The molecule has 14 heavy (non-hydrogen) atoms. The number of aliphatic hydroxyl groups excluding tert-OH is 1. The van der Waals surface area contributed by atoms with Crippen LogP contribution in [0.3, 0.4) is 0 Å². The van der Waals surface area contributed by atoms with Crippen molar-refractivity contribution < 1.29 is 14.6 Å². The zero-order chi connectivity index (χ0) is 11.1. The highest BCUT2D eigenvalue weighted by atomic mass is 16.5. The fourth-order valence-corrected chi connectivity index (χ4v) is 1.28. The molecule has 0 aliphatic rings. The number of carbonyl (C=O) groups is 1. The van der Waals surface area contributed by atoms with Crippen molar-refractivity contribution in [2.75, 3.05) is 13.7 Å². The summed E-state index contributed by atoms with van der Waals surface area (Å²) in [6.07, 6.45) is 0.366. The summed E-state index contributed by atoms with van der Waals surface area (Å²) < 4.78 is 4.62. The minimum absolute atomic E-state index is 0.100. The van der Waals surface area contributed by atoms with Gasteiger partial charge in [-0.1, -0.05) is 6.92 Å². The van der Waals surface area contributed by atoms with Crippen molar-refractivity contribution in [2.45, 2.75) is 39.3 Å². The highest BCUT2D eigenvalue weighted by Crippen LogP contribution is 2.07. The van der Waals surface area contributed by atoms with Gasteiger partial charge in [-0.3, -0.25) is 4.79 Å². The molecule has 2 N–H and O–H groups in total. The van der Waals surface area contributed by atoms with Crippen molar-refractivity contribution in [1.29, 1.82) is 0 Å². The lowest BCUT2D eigenvalue weighted by Crippen LogP contribution is -2.34. The van der Waals surface area contributed by atoms with E-state index in [2.05, 4.69) is 10.1 Å². The molecular formula is C10H21NO3. The SMILES string of the molecule is COC(=O)C(C)CC(C)NCC(C)O. The Labute approximate surface area is 85.6 Å². The number of nitrogens with one attached hydrogen (secondary N) is 1. The van der Waals surface area contributed by atoms with Crippen LogP contribution in [0.2, 0.25) is 0 Å². The lowest BCUT2D eigenvalue weighted by Gasteiger charge is -2.17. The largest absolute Gasteiger partial charge is 0.469 e. The second kappa shape index (κ2) is 6.79. The van der Waals surface area contributed by atoms with Crippen LogP contribution in [-0.2, 0) is 9.53 Å². The molecule has 0 radical (unpaired) electrons. The van der Waals surface area contributed by atoms with E-state index in [1.165, 1.54) is 7.11 Å². The Morgan fingerprint density at radius 3 is 2.43 bits per heavy atom. The van der Waals surface area contributed by atoms with Gasteiger partial charge in [0.15, 0.2) is 0 Å². The second-order valence-corrected chi connectivity index (χ2v) is 3.82. The molecule has 0 bridgehead atoms. The average molecular weight is 203 g/mol. The Balaban J connectivity index is 3.70. The maximum absolute atomic E-state index is 11.1. The first-order valence-electron chi connectivity index (χ1n) is 4.96. The molecule has 0 rings (SSSR count). The maximum Gasteiger partial charge on any atom is 0.308 e. The quantitative estimate of drug-likeness (QED) is 0.619. The molecule has 0 saturated carbocycles. The van der Waals surface area contributed by atoms with E-state index >= 15 is 0 Å². The topological polar surface area (TPSA) is 58.6 Å². The Bertz CT molecular complexity index is 171. The standard InChI is InChI=1S/C10H21NO3/c1-7(10(13)14-4)5-8(2)11-6-9(3)12/h7-9,11-12H,5-6H2,1-4H3. The van der Waals surface area contributed by atoms with Crippen LogP contribution in [-0.4, -0.2) is 36.9 Å². The van der Waals surface area contributed by atoms with E-state index in [1.54, 1.807) is 6.92 Å². The molecule has 0 heterocycles. The molecule has 0 aromatic heterocycles. The fraction of sp³-hybridized carbons (Fsp3) is 0.900. The Hall–Kier alpha value is -0.610. The first-order chi connectivity index (χ1) is 6.47. The van der Waals surface area contributed by atoms with Crippen LogP contribution >= 0.6 is 0 Å². The number of ether oxygens (including phenoxy) is 1. The van der Waals surface area contributed by atoms with Crippen LogP contribution in [0.4, 0.5) is 0 Å². The molecule has 4 heteroatoms. The summed E-state index contributed by atoms with van der Waals surface area (Å²) in [5.41, 5.74) is 0. The summed E-state index contributed by atoms with van der Waals surface area (Å²) in [5, 5.41) is 12.2. The van der Waals surface area contributed by atoms with Crippen LogP contribution in [0.5, 0.6) is 0 Å². The van der Waals surface area contributed by atoms with E-state index in [4.69, 9.17) is 5.11 Å². The summed E-state index contributed by atoms with van der Waals surface area (Å²) in [5.74, 6) is -0.285. The van der Waals surface area contributed by atoms with Crippen molar-refractivity contribution in [2.24, 2.45) is 5.92 Å². The zero-order valence-electron chi connectivity index (χ0n) is 9.41. The van der Waals surface area contributed by atoms with Gasteiger partial charge in [-0.15, -0.1) is 0 Å². The van der Waals surface area contributed by atoms with Gasteiger partial charge in [0.05, 0.1) is 19.1 Å². The highest BCUT2D eigenvalue weighted by molar-refractivity contribution is 5.71. The summed E-state index contributed by atoms with van der Waals surface area (Å²) in [6, 6.07) is 0.207. The van der Waals surface area contributed by atoms with Gasteiger partial charge in [0.25, 0.3) is 0 Å². The van der Waals surface area contributed by atoms with Crippen molar-refractivity contribution in [3.8, 4) is 0 Å². The molecule has 0 spiro atoms. The summed E-state index contributed by atoms with van der Waals surface area (Å²) >= 11 is 0. The van der Waals surface area contributed by atoms with E-state index in [0.717, 1.165) is 6.42 Å². The number of aliphatic hydroxyl groups is 1. The van der Waals surface area contributed by atoms with Gasteiger partial charge in [0, 0.05) is 12.6 Å². The summed E-state index contributed by atoms with van der Waals surface area (Å²) in [7, 11) is 1.40. The Kier molecular flexibility index (Phi) is 6.49. The van der Waals surface area contributed by atoms with E-state index in [-0.39, 0.29) is 24.0 Å². The maximum atomic E-state index is 11.1. The summed E-state index contributed by atoms with van der Waals surface area (Å²) in [6.45, 7) is 6.10. The molecule has 0 saturated heterocycles. The van der Waals surface area contributed by atoms with Gasteiger partial charge in [-0.2, -0.15) is 0 Å². The molecule has 3 atom stereocenters. The molecule has 0 fully saturated rings. The molecule has 0 aromatic carbocycles. The molecule has 0 aliphatic carbocycles. The third-order valence-corrected chi connectivity index (χ3v) is 2.07. The summed E-state index contributed by atoms with van der Waals surface area (Å²) in [4.78, 5) is 11.1. The average Bonchev–Trinajstić information content (AvgIpc) is 2.13. The Morgan fingerprint density at radius 2 is 2.00 bits per heavy atom. The molecule has 0 amide bonds. The Morgan fingerprint density at radius 1 is 1.43 bits per heavy atom. The lowest BCUT2D eigenvalue weighted by molar-refractivity contribution is -0.145. The van der Waals surface area contributed by atoms with Crippen LogP contribution in [0.25, 0.3) is 0 Å². The van der Waals surface area contributed by atoms with E-state index in [0.29, 0.717) is 6.54 Å². The zero-order valence-corrected chi connectivity index (χ0v) is 9.41. The van der Waals surface area contributed by atoms with Crippen LogP contribution in [0.1, 0.15) is 27.2 Å². The normalized spacial score (nSPS) is 17.2.